The van der Waals surface area contributed by atoms with Crippen molar-refractivity contribution in [3.05, 3.63) is 0 Å². The summed E-state index contributed by atoms with van der Waals surface area (Å²) in [5.41, 5.74) is -0.145. The predicted octanol–water partition coefficient (Wildman–Crippen LogP) is 1.08. The summed E-state index contributed by atoms with van der Waals surface area (Å²) in [5, 5.41) is 3.08. The van der Waals surface area contributed by atoms with Crippen LogP contribution in [0.1, 0.15) is 20.8 Å². The van der Waals surface area contributed by atoms with Crippen molar-refractivity contribution in [2.45, 2.75) is 32.5 Å². The van der Waals surface area contributed by atoms with Crippen molar-refractivity contribution in [2.75, 3.05) is 39.3 Å². The first kappa shape index (κ1) is 16.2. The van der Waals surface area contributed by atoms with Gasteiger partial charge in [0.2, 0.25) is 5.91 Å². The lowest BCUT2D eigenvalue weighted by Crippen LogP contribution is -2.53. The van der Waals surface area contributed by atoms with E-state index in [1.807, 2.05) is 20.8 Å². The van der Waals surface area contributed by atoms with Gasteiger partial charge in [-0.1, -0.05) is 0 Å². The Balaban J connectivity index is 2.31. The minimum Gasteiger partial charge on any atom is -0.339 e. The zero-order valence-electron chi connectivity index (χ0n) is 11.7. The van der Waals surface area contributed by atoms with Crippen LogP contribution in [0.5, 0.6) is 0 Å². The average molecular weight is 281 g/mol. The molecule has 0 spiro atoms. The average Bonchev–Trinajstić information content (AvgIpc) is 2.23. The highest BCUT2D eigenvalue weighted by Crippen LogP contribution is 2.17. The van der Waals surface area contributed by atoms with Crippen LogP contribution in [-0.4, -0.2) is 66.7 Å². The molecule has 1 aliphatic rings. The third-order valence-electron chi connectivity index (χ3n) is 2.90. The largest absolute Gasteiger partial charge is 0.401 e. The van der Waals surface area contributed by atoms with Crippen LogP contribution in [0.25, 0.3) is 0 Å². The first-order chi connectivity index (χ1) is 8.57. The molecule has 0 saturated carbocycles. The van der Waals surface area contributed by atoms with E-state index in [9.17, 15) is 18.0 Å². The molecule has 0 aliphatic carbocycles. The van der Waals surface area contributed by atoms with Gasteiger partial charge in [-0.3, -0.25) is 9.69 Å². The van der Waals surface area contributed by atoms with E-state index in [2.05, 4.69) is 5.32 Å². The molecule has 0 radical (unpaired) electrons. The number of nitrogens with one attached hydrogen (secondary N) is 1. The molecular weight excluding hydrogens is 259 g/mol. The third-order valence-corrected chi connectivity index (χ3v) is 2.90. The Morgan fingerprint density at radius 3 is 2.05 bits per heavy atom. The maximum Gasteiger partial charge on any atom is 0.401 e. The van der Waals surface area contributed by atoms with Crippen molar-refractivity contribution >= 4 is 5.91 Å². The van der Waals surface area contributed by atoms with Gasteiger partial charge >= 0.3 is 6.18 Å². The molecule has 112 valence electrons. The second kappa shape index (κ2) is 6.09. The van der Waals surface area contributed by atoms with Gasteiger partial charge in [0.15, 0.2) is 0 Å². The Bertz CT molecular complexity index is 304. The van der Waals surface area contributed by atoms with Crippen LogP contribution in [0.4, 0.5) is 13.2 Å². The summed E-state index contributed by atoms with van der Waals surface area (Å²) >= 11 is 0. The van der Waals surface area contributed by atoms with Gasteiger partial charge in [0, 0.05) is 31.7 Å². The number of hydrogen-bond donors (Lipinski definition) is 1. The van der Waals surface area contributed by atoms with Gasteiger partial charge in [-0.25, -0.2) is 0 Å². The lowest BCUT2D eigenvalue weighted by Gasteiger charge is -2.35. The zero-order valence-corrected chi connectivity index (χ0v) is 11.7. The van der Waals surface area contributed by atoms with Crippen molar-refractivity contribution in [3.8, 4) is 0 Å². The second-order valence-corrected chi connectivity index (χ2v) is 5.88. The van der Waals surface area contributed by atoms with E-state index < -0.39 is 12.7 Å². The first-order valence-corrected chi connectivity index (χ1v) is 6.39. The van der Waals surface area contributed by atoms with Gasteiger partial charge in [-0.05, 0) is 20.8 Å². The Morgan fingerprint density at radius 2 is 1.63 bits per heavy atom. The molecule has 19 heavy (non-hydrogen) atoms. The number of amides is 1. The van der Waals surface area contributed by atoms with Gasteiger partial charge in [-0.15, -0.1) is 0 Å². The van der Waals surface area contributed by atoms with E-state index in [4.69, 9.17) is 0 Å². The van der Waals surface area contributed by atoms with Crippen LogP contribution < -0.4 is 5.32 Å². The molecule has 1 amide bonds. The van der Waals surface area contributed by atoms with E-state index in [1.165, 1.54) is 4.90 Å². The number of alkyl halides is 3. The van der Waals surface area contributed by atoms with Crippen molar-refractivity contribution in [1.29, 1.82) is 0 Å². The molecular formula is C12H22F3N3O. The second-order valence-electron chi connectivity index (χ2n) is 5.88. The monoisotopic (exact) mass is 281 g/mol. The predicted molar refractivity (Wildman–Crippen MR) is 66.8 cm³/mol. The molecule has 0 aromatic heterocycles. The SMILES string of the molecule is CC(C)(C)NCC(=O)N1CCN(CC(F)(F)F)CC1. The molecule has 1 N–H and O–H groups in total. The summed E-state index contributed by atoms with van der Waals surface area (Å²) in [6, 6.07) is 0. The van der Waals surface area contributed by atoms with Crippen LogP contribution in [0, 0.1) is 0 Å². The maximum absolute atomic E-state index is 12.2. The van der Waals surface area contributed by atoms with E-state index >= 15 is 0 Å². The number of rotatable bonds is 3. The number of hydrogen-bond acceptors (Lipinski definition) is 3. The molecule has 0 aromatic carbocycles. The van der Waals surface area contributed by atoms with Crippen molar-refractivity contribution in [1.82, 2.24) is 15.1 Å². The standard InChI is InChI=1S/C12H22F3N3O/c1-11(2,3)16-8-10(19)18-6-4-17(5-7-18)9-12(13,14)15/h16H,4-9H2,1-3H3. The highest BCUT2D eigenvalue weighted by molar-refractivity contribution is 5.78. The minimum absolute atomic E-state index is 0.0541. The lowest BCUT2D eigenvalue weighted by molar-refractivity contribution is -0.151. The summed E-state index contributed by atoms with van der Waals surface area (Å²) in [7, 11) is 0. The highest BCUT2D eigenvalue weighted by Gasteiger charge is 2.32. The Morgan fingerprint density at radius 1 is 1.11 bits per heavy atom. The molecule has 4 nitrogen and oxygen atoms in total. The topological polar surface area (TPSA) is 35.6 Å². The van der Waals surface area contributed by atoms with E-state index in [-0.39, 0.29) is 31.1 Å². The van der Waals surface area contributed by atoms with Crippen LogP contribution in [0.15, 0.2) is 0 Å². The number of carbonyl (C=O) groups excluding carboxylic acids is 1. The van der Waals surface area contributed by atoms with Crippen LogP contribution >= 0.6 is 0 Å². The van der Waals surface area contributed by atoms with Crippen molar-refractivity contribution < 1.29 is 18.0 Å². The number of nitrogens with zero attached hydrogens (tertiary/aromatic N) is 2. The molecule has 1 rings (SSSR count). The molecule has 0 bridgehead atoms. The normalized spacial score (nSPS) is 18.7. The lowest BCUT2D eigenvalue weighted by atomic mass is 10.1. The summed E-state index contributed by atoms with van der Waals surface area (Å²) in [4.78, 5) is 14.8. The quantitative estimate of drug-likeness (QED) is 0.841. The smallest absolute Gasteiger partial charge is 0.339 e. The Hall–Kier alpha value is -0.820. The first-order valence-electron chi connectivity index (χ1n) is 6.39. The third kappa shape index (κ3) is 6.77. The summed E-state index contributed by atoms with van der Waals surface area (Å²) in [6.07, 6.45) is -4.17. The zero-order chi connectivity index (χ0) is 14.7. The van der Waals surface area contributed by atoms with Gasteiger partial charge < -0.3 is 10.2 Å². The molecule has 0 atom stereocenters. The van der Waals surface area contributed by atoms with E-state index in [0.29, 0.717) is 13.1 Å². The molecule has 0 unspecified atom stereocenters. The Labute approximate surface area is 111 Å². The van der Waals surface area contributed by atoms with Crippen LogP contribution in [0.2, 0.25) is 0 Å². The van der Waals surface area contributed by atoms with E-state index in [1.54, 1.807) is 4.90 Å². The fourth-order valence-electron chi connectivity index (χ4n) is 1.86. The fraction of sp³-hybridized carbons (Fsp3) is 0.917. The number of carbonyl (C=O) groups is 1. The van der Waals surface area contributed by atoms with Crippen LogP contribution in [0.3, 0.4) is 0 Å². The molecule has 1 saturated heterocycles. The molecule has 1 aliphatic heterocycles. The number of piperazine rings is 1. The molecule has 1 fully saturated rings. The van der Waals surface area contributed by atoms with Crippen LogP contribution in [-0.2, 0) is 4.79 Å². The van der Waals surface area contributed by atoms with Crippen molar-refractivity contribution in [3.63, 3.8) is 0 Å². The van der Waals surface area contributed by atoms with E-state index in [0.717, 1.165) is 0 Å². The van der Waals surface area contributed by atoms with Crippen molar-refractivity contribution in [2.24, 2.45) is 0 Å². The summed E-state index contributed by atoms with van der Waals surface area (Å²) < 4.78 is 36.6. The molecule has 7 heteroatoms. The summed E-state index contributed by atoms with van der Waals surface area (Å²) in [5.74, 6) is -0.0541. The van der Waals surface area contributed by atoms with Gasteiger partial charge in [0.25, 0.3) is 0 Å². The van der Waals surface area contributed by atoms with Gasteiger partial charge in [0.05, 0.1) is 13.1 Å². The molecule has 1 heterocycles. The Kier molecular flexibility index (Phi) is 5.20. The molecule has 0 aromatic rings. The van der Waals surface area contributed by atoms with Gasteiger partial charge in [0.1, 0.15) is 0 Å². The van der Waals surface area contributed by atoms with Gasteiger partial charge in [-0.2, -0.15) is 13.2 Å². The maximum atomic E-state index is 12.2. The fourth-order valence-corrected chi connectivity index (χ4v) is 1.86. The minimum atomic E-state index is -4.17. The number of halogens is 3. The highest BCUT2D eigenvalue weighted by atomic mass is 19.4. The summed E-state index contributed by atoms with van der Waals surface area (Å²) in [6.45, 7) is 6.49.